The van der Waals surface area contributed by atoms with E-state index in [0.29, 0.717) is 23.8 Å². The highest BCUT2D eigenvalue weighted by Gasteiger charge is 2.53. The third kappa shape index (κ3) is 3.54. The van der Waals surface area contributed by atoms with E-state index in [0.717, 1.165) is 32.0 Å². The third-order valence-electron chi connectivity index (χ3n) is 6.71. The second-order valence-electron chi connectivity index (χ2n) is 8.74. The number of carboxylic acids is 1. The van der Waals surface area contributed by atoms with Gasteiger partial charge in [0.15, 0.2) is 0 Å². The molecule has 2 aliphatic rings. The predicted molar refractivity (Wildman–Crippen MR) is 92.1 cm³/mol. The van der Waals surface area contributed by atoms with Gasteiger partial charge in [-0.2, -0.15) is 0 Å². The number of hydrogen-bond acceptors (Lipinski definition) is 2. The average molecular weight is 320 g/mol. The number of fused-ring (bicyclic) bond motifs is 1. The molecular formula is C20H32O3. The van der Waals surface area contributed by atoms with Gasteiger partial charge in [0.25, 0.3) is 0 Å². The van der Waals surface area contributed by atoms with Crippen LogP contribution in [0.4, 0.5) is 0 Å². The summed E-state index contributed by atoms with van der Waals surface area (Å²) in [5, 5.41) is 9.69. The molecule has 2 rings (SSSR count). The fourth-order valence-corrected chi connectivity index (χ4v) is 5.37. The summed E-state index contributed by atoms with van der Waals surface area (Å²) in [5.41, 5.74) is 0.977. The molecule has 0 aromatic carbocycles. The number of rotatable bonds is 6. The highest BCUT2D eigenvalue weighted by Crippen LogP contribution is 2.60. The van der Waals surface area contributed by atoms with Gasteiger partial charge in [-0.1, -0.05) is 40.2 Å². The number of aliphatic carboxylic acids is 1. The molecular weight excluding hydrogens is 288 g/mol. The largest absolute Gasteiger partial charge is 0.478 e. The molecule has 1 fully saturated rings. The average Bonchev–Trinajstić information content (AvgIpc) is 2.44. The lowest BCUT2D eigenvalue weighted by atomic mass is 9.48. The van der Waals surface area contributed by atoms with Crippen molar-refractivity contribution in [3.8, 4) is 0 Å². The van der Waals surface area contributed by atoms with E-state index in [1.165, 1.54) is 12.8 Å². The molecule has 1 saturated carbocycles. The van der Waals surface area contributed by atoms with Crippen LogP contribution >= 0.6 is 0 Å². The first-order valence-electron chi connectivity index (χ1n) is 9.09. The zero-order valence-electron chi connectivity index (χ0n) is 15.1. The van der Waals surface area contributed by atoms with Gasteiger partial charge in [-0.25, -0.2) is 4.79 Å². The molecule has 0 heterocycles. The molecule has 0 amide bonds. The van der Waals surface area contributed by atoms with E-state index in [9.17, 15) is 14.7 Å². The van der Waals surface area contributed by atoms with E-state index in [4.69, 9.17) is 0 Å². The maximum absolute atomic E-state index is 11.8. The summed E-state index contributed by atoms with van der Waals surface area (Å²) in [6, 6.07) is 0. The van der Waals surface area contributed by atoms with Crippen LogP contribution < -0.4 is 0 Å². The van der Waals surface area contributed by atoms with Gasteiger partial charge >= 0.3 is 5.97 Å². The SMILES string of the molecule is CC(CC=O)CCC1C(C(=O)O)=CCC2C(C)(C)CCCC12C. The lowest BCUT2D eigenvalue weighted by molar-refractivity contribution is -0.135. The van der Waals surface area contributed by atoms with Crippen LogP contribution in [0, 0.1) is 28.6 Å². The van der Waals surface area contributed by atoms with Crippen molar-refractivity contribution in [1.82, 2.24) is 0 Å². The molecule has 2 aliphatic carbocycles. The summed E-state index contributed by atoms with van der Waals surface area (Å²) in [5.74, 6) is 0.259. The number of carboxylic acid groups (broad SMARTS) is 1. The lowest BCUT2D eigenvalue weighted by Crippen LogP contribution is -2.49. The van der Waals surface area contributed by atoms with Crippen LogP contribution in [0.3, 0.4) is 0 Å². The van der Waals surface area contributed by atoms with Crippen molar-refractivity contribution in [2.45, 2.75) is 72.6 Å². The Labute approximate surface area is 140 Å². The quantitative estimate of drug-likeness (QED) is 0.711. The lowest BCUT2D eigenvalue weighted by Gasteiger charge is -2.56. The van der Waals surface area contributed by atoms with Crippen LogP contribution in [-0.4, -0.2) is 17.4 Å². The molecule has 4 atom stereocenters. The molecule has 1 N–H and O–H groups in total. The molecule has 3 nitrogen and oxygen atoms in total. The van der Waals surface area contributed by atoms with Crippen molar-refractivity contribution in [2.24, 2.45) is 28.6 Å². The Morgan fingerprint density at radius 1 is 1.39 bits per heavy atom. The Balaban J connectivity index is 2.28. The number of hydrogen-bond donors (Lipinski definition) is 1. The number of carbonyl (C=O) groups excluding carboxylic acids is 1. The van der Waals surface area contributed by atoms with E-state index in [2.05, 4.69) is 27.7 Å². The Morgan fingerprint density at radius 2 is 2.09 bits per heavy atom. The zero-order valence-corrected chi connectivity index (χ0v) is 15.1. The van der Waals surface area contributed by atoms with Gasteiger partial charge in [0.2, 0.25) is 0 Å². The van der Waals surface area contributed by atoms with Crippen LogP contribution in [0.15, 0.2) is 11.6 Å². The van der Waals surface area contributed by atoms with Gasteiger partial charge in [-0.15, -0.1) is 0 Å². The van der Waals surface area contributed by atoms with Crippen LogP contribution in [0.1, 0.15) is 72.6 Å². The maximum atomic E-state index is 11.8. The van der Waals surface area contributed by atoms with Crippen LogP contribution in [0.2, 0.25) is 0 Å². The van der Waals surface area contributed by atoms with E-state index >= 15 is 0 Å². The summed E-state index contributed by atoms with van der Waals surface area (Å²) >= 11 is 0. The monoisotopic (exact) mass is 320 g/mol. The first-order chi connectivity index (χ1) is 10.7. The predicted octanol–water partition coefficient (Wildman–Crippen LogP) is 4.86. The second-order valence-corrected chi connectivity index (χ2v) is 8.74. The molecule has 0 saturated heterocycles. The molecule has 130 valence electrons. The Kier molecular flexibility index (Phi) is 5.37. The van der Waals surface area contributed by atoms with Gasteiger partial charge in [0.05, 0.1) is 0 Å². The zero-order chi connectivity index (χ0) is 17.3. The normalized spacial score (nSPS) is 34.2. The highest BCUT2D eigenvalue weighted by atomic mass is 16.4. The van der Waals surface area contributed by atoms with E-state index < -0.39 is 5.97 Å². The van der Waals surface area contributed by atoms with E-state index in [1.54, 1.807) is 0 Å². The summed E-state index contributed by atoms with van der Waals surface area (Å²) < 4.78 is 0. The Bertz CT molecular complexity index is 491. The van der Waals surface area contributed by atoms with Gasteiger partial charge in [-0.3, -0.25) is 0 Å². The fraction of sp³-hybridized carbons (Fsp3) is 0.800. The summed E-state index contributed by atoms with van der Waals surface area (Å²) in [4.78, 5) is 22.5. The minimum atomic E-state index is -0.749. The number of aldehydes is 1. The first kappa shape index (κ1) is 18.2. The fourth-order valence-electron chi connectivity index (χ4n) is 5.37. The molecule has 0 radical (unpaired) electrons. The van der Waals surface area contributed by atoms with Crippen LogP contribution in [0.5, 0.6) is 0 Å². The van der Waals surface area contributed by atoms with Crippen molar-refractivity contribution in [2.75, 3.05) is 0 Å². The Hall–Kier alpha value is -1.12. The van der Waals surface area contributed by atoms with Crippen molar-refractivity contribution in [1.29, 1.82) is 0 Å². The molecule has 0 aromatic heterocycles. The van der Waals surface area contributed by atoms with Gasteiger partial charge in [0, 0.05) is 12.0 Å². The molecule has 0 spiro atoms. The Morgan fingerprint density at radius 3 is 2.70 bits per heavy atom. The summed E-state index contributed by atoms with van der Waals surface area (Å²) in [7, 11) is 0. The molecule has 0 aromatic rings. The standard InChI is InChI=1S/C20H32O3/c1-14(10-13-21)6-8-16-15(18(22)23)7-9-17-19(2,3)11-5-12-20(16,17)4/h7,13-14,16-17H,5-6,8-12H2,1-4H3,(H,22,23). The van der Waals surface area contributed by atoms with Gasteiger partial charge < -0.3 is 9.90 Å². The third-order valence-corrected chi connectivity index (χ3v) is 6.71. The van der Waals surface area contributed by atoms with Crippen molar-refractivity contribution >= 4 is 12.3 Å². The molecule has 23 heavy (non-hydrogen) atoms. The molecule has 4 unspecified atom stereocenters. The molecule has 0 aliphatic heterocycles. The number of allylic oxidation sites excluding steroid dienone is 1. The van der Waals surface area contributed by atoms with Gasteiger partial charge in [0.1, 0.15) is 6.29 Å². The van der Waals surface area contributed by atoms with Crippen molar-refractivity contribution in [3.63, 3.8) is 0 Å². The van der Waals surface area contributed by atoms with Crippen LogP contribution in [-0.2, 0) is 9.59 Å². The molecule has 3 heteroatoms. The second kappa shape index (κ2) is 6.78. The van der Waals surface area contributed by atoms with Crippen molar-refractivity contribution < 1.29 is 14.7 Å². The summed E-state index contributed by atoms with van der Waals surface area (Å²) in [6.07, 6.45) is 9.80. The van der Waals surface area contributed by atoms with Gasteiger partial charge in [-0.05, 0) is 60.7 Å². The van der Waals surface area contributed by atoms with E-state index in [1.807, 2.05) is 6.08 Å². The highest BCUT2D eigenvalue weighted by molar-refractivity contribution is 5.87. The van der Waals surface area contributed by atoms with E-state index in [-0.39, 0.29) is 16.7 Å². The van der Waals surface area contributed by atoms with Crippen LogP contribution in [0.25, 0.3) is 0 Å². The first-order valence-corrected chi connectivity index (χ1v) is 9.09. The van der Waals surface area contributed by atoms with Crippen molar-refractivity contribution in [3.05, 3.63) is 11.6 Å². The minimum Gasteiger partial charge on any atom is -0.478 e. The molecule has 0 bridgehead atoms. The number of carbonyl (C=O) groups is 2. The smallest absolute Gasteiger partial charge is 0.331 e. The summed E-state index contributed by atoms with van der Waals surface area (Å²) in [6.45, 7) is 9.11. The maximum Gasteiger partial charge on any atom is 0.331 e. The minimum absolute atomic E-state index is 0.0745. The topological polar surface area (TPSA) is 54.4 Å².